The Hall–Kier alpha value is -1.65. The molecule has 92 valence electrons. The Morgan fingerprint density at radius 2 is 2.22 bits per heavy atom. The fourth-order valence-electron chi connectivity index (χ4n) is 1.96. The fraction of sp³-hybridized carbons (Fsp3) is 0.250. The molecular weight excluding hydrogens is 293 g/mol. The van der Waals surface area contributed by atoms with Crippen LogP contribution in [0.4, 0.5) is 17.1 Å². The molecule has 0 bridgehead atoms. The number of nitrogens with zero attached hydrogens (tertiary/aromatic N) is 4. The van der Waals surface area contributed by atoms with Crippen molar-refractivity contribution < 1.29 is 0 Å². The number of benzene rings is 1. The predicted molar refractivity (Wildman–Crippen MR) is 71.6 cm³/mol. The van der Waals surface area contributed by atoms with Crippen LogP contribution in [0, 0.1) is 6.92 Å². The summed E-state index contributed by atoms with van der Waals surface area (Å²) in [6, 6.07) is 6.07. The molecule has 3 rings (SSSR count). The van der Waals surface area contributed by atoms with E-state index in [0.717, 1.165) is 29.3 Å². The van der Waals surface area contributed by atoms with E-state index < -0.39 is 0 Å². The van der Waals surface area contributed by atoms with E-state index in [9.17, 15) is 0 Å². The monoisotopic (exact) mass is 307 g/mol. The van der Waals surface area contributed by atoms with Gasteiger partial charge in [-0.2, -0.15) is 0 Å². The topological polar surface area (TPSA) is 54.6 Å². The molecule has 1 aromatic carbocycles. The predicted octanol–water partition coefficient (Wildman–Crippen LogP) is 2.69. The molecule has 0 fully saturated rings. The van der Waals surface area contributed by atoms with Crippen LogP contribution >= 0.6 is 0 Å². The van der Waals surface area contributed by atoms with Crippen molar-refractivity contribution in [2.45, 2.75) is 13.5 Å². The van der Waals surface area contributed by atoms with Crippen LogP contribution in [-0.4, -0.2) is 24.3 Å². The molecule has 18 heavy (non-hydrogen) atoms. The first-order chi connectivity index (χ1) is 8.74. The molecule has 2 aromatic rings. The number of aryl methyl sites for hydroxylation is 2. The van der Waals surface area contributed by atoms with E-state index in [1.165, 1.54) is 5.56 Å². The SMILES string of the molecule is Cc1nn(C)cc1CNc1cccc2c1N=[Se]=N2. The third-order valence-corrected chi connectivity index (χ3v) is 4.01. The van der Waals surface area contributed by atoms with Gasteiger partial charge in [0, 0.05) is 0 Å². The molecular formula is C12H13N5Se. The van der Waals surface area contributed by atoms with Crippen LogP contribution in [0.1, 0.15) is 11.3 Å². The van der Waals surface area contributed by atoms with Gasteiger partial charge in [0.1, 0.15) is 0 Å². The molecule has 0 saturated heterocycles. The number of aromatic nitrogens is 2. The van der Waals surface area contributed by atoms with E-state index in [0.29, 0.717) is 0 Å². The minimum atomic E-state index is 0.0182. The molecule has 0 spiro atoms. The van der Waals surface area contributed by atoms with Gasteiger partial charge in [0.2, 0.25) is 0 Å². The summed E-state index contributed by atoms with van der Waals surface area (Å²) in [6.07, 6.45) is 2.04. The van der Waals surface area contributed by atoms with Crippen molar-refractivity contribution in [1.29, 1.82) is 0 Å². The van der Waals surface area contributed by atoms with Crippen LogP contribution in [0.15, 0.2) is 32.3 Å². The summed E-state index contributed by atoms with van der Waals surface area (Å²) in [7, 11) is 1.94. The second kappa shape index (κ2) is 4.55. The average molecular weight is 306 g/mol. The number of hydrogen-bond donors (Lipinski definition) is 1. The number of fused-ring (bicyclic) bond motifs is 1. The van der Waals surface area contributed by atoms with Gasteiger partial charge in [-0.05, 0) is 0 Å². The Labute approximate surface area is 111 Å². The molecule has 0 radical (unpaired) electrons. The van der Waals surface area contributed by atoms with E-state index in [4.69, 9.17) is 0 Å². The van der Waals surface area contributed by atoms with Crippen LogP contribution in [0.5, 0.6) is 0 Å². The van der Waals surface area contributed by atoms with Gasteiger partial charge in [0.15, 0.2) is 0 Å². The molecule has 0 amide bonds. The van der Waals surface area contributed by atoms with Crippen LogP contribution in [0.3, 0.4) is 0 Å². The first-order valence-corrected chi connectivity index (χ1v) is 7.21. The van der Waals surface area contributed by atoms with Crippen molar-refractivity contribution in [2.24, 2.45) is 15.0 Å². The van der Waals surface area contributed by atoms with Crippen molar-refractivity contribution in [1.82, 2.24) is 9.78 Å². The summed E-state index contributed by atoms with van der Waals surface area (Å²) >= 11 is 0.0182. The summed E-state index contributed by atoms with van der Waals surface area (Å²) in [5, 5.41) is 7.75. The summed E-state index contributed by atoms with van der Waals surface area (Å²) in [6.45, 7) is 2.79. The average Bonchev–Trinajstić information content (AvgIpc) is 2.93. The standard InChI is InChI=1S/C12H13N5Se/c1-8-9(7-17(2)14-8)6-13-10-4-3-5-11-12(10)16-18-15-11/h3-5,7,13H,6H2,1-2H3. The number of hydrogen-bond acceptors (Lipinski definition) is 4. The summed E-state index contributed by atoms with van der Waals surface area (Å²) < 4.78 is 10.7. The van der Waals surface area contributed by atoms with Gasteiger partial charge in [0.05, 0.1) is 0 Å². The maximum absolute atomic E-state index is 4.45. The molecule has 1 aromatic heterocycles. The molecule has 0 aliphatic carbocycles. The Balaban J connectivity index is 1.81. The van der Waals surface area contributed by atoms with Crippen LogP contribution in [0.25, 0.3) is 0 Å². The number of anilines is 1. The summed E-state index contributed by atoms with van der Waals surface area (Å²) in [5.41, 5.74) is 5.32. The second-order valence-electron chi connectivity index (χ2n) is 4.20. The first-order valence-electron chi connectivity index (χ1n) is 5.68. The van der Waals surface area contributed by atoms with E-state index in [-0.39, 0.29) is 14.6 Å². The van der Waals surface area contributed by atoms with E-state index in [1.54, 1.807) is 0 Å². The minimum absolute atomic E-state index is 0.0182. The molecule has 0 atom stereocenters. The maximum atomic E-state index is 4.45. The Morgan fingerprint density at radius 3 is 3.00 bits per heavy atom. The van der Waals surface area contributed by atoms with E-state index >= 15 is 0 Å². The Bertz CT molecular complexity index is 667. The molecule has 6 heteroatoms. The molecule has 1 aliphatic rings. The zero-order valence-corrected chi connectivity index (χ0v) is 11.9. The molecule has 0 saturated carbocycles. The molecule has 2 heterocycles. The summed E-state index contributed by atoms with van der Waals surface area (Å²) in [5.74, 6) is 0. The van der Waals surface area contributed by atoms with Crippen molar-refractivity contribution >= 4 is 31.6 Å². The second-order valence-corrected chi connectivity index (χ2v) is 5.31. The third kappa shape index (κ3) is 2.05. The molecule has 5 nitrogen and oxygen atoms in total. The zero-order valence-electron chi connectivity index (χ0n) is 10.2. The van der Waals surface area contributed by atoms with Gasteiger partial charge in [-0.25, -0.2) is 0 Å². The van der Waals surface area contributed by atoms with Gasteiger partial charge >= 0.3 is 111 Å². The molecule has 1 aliphatic heterocycles. The van der Waals surface area contributed by atoms with Gasteiger partial charge in [-0.15, -0.1) is 0 Å². The fourth-order valence-corrected chi connectivity index (χ4v) is 3.11. The zero-order chi connectivity index (χ0) is 12.5. The molecule has 1 N–H and O–H groups in total. The quantitative estimate of drug-likeness (QED) is 0.756. The van der Waals surface area contributed by atoms with Crippen molar-refractivity contribution in [3.8, 4) is 0 Å². The van der Waals surface area contributed by atoms with Gasteiger partial charge in [-0.3, -0.25) is 0 Å². The Kier molecular flexibility index (Phi) is 2.89. The number of nitrogens with one attached hydrogen (secondary N) is 1. The van der Waals surface area contributed by atoms with Crippen LogP contribution in [0.2, 0.25) is 0 Å². The van der Waals surface area contributed by atoms with Gasteiger partial charge in [0.25, 0.3) is 0 Å². The summed E-state index contributed by atoms with van der Waals surface area (Å²) in [4.78, 5) is 0. The van der Waals surface area contributed by atoms with Gasteiger partial charge < -0.3 is 0 Å². The Morgan fingerprint density at radius 1 is 1.33 bits per heavy atom. The third-order valence-electron chi connectivity index (χ3n) is 2.87. The van der Waals surface area contributed by atoms with Crippen LogP contribution < -0.4 is 5.32 Å². The van der Waals surface area contributed by atoms with E-state index in [1.807, 2.05) is 43.0 Å². The van der Waals surface area contributed by atoms with Gasteiger partial charge in [-0.1, -0.05) is 0 Å². The van der Waals surface area contributed by atoms with Crippen molar-refractivity contribution in [2.75, 3.05) is 5.32 Å². The van der Waals surface area contributed by atoms with Crippen molar-refractivity contribution in [3.05, 3.63) is 35.7 Å². The normalized spacial score (nSPS) is 12.3. The number of rotatable bonds is 3. The first kappa shape index (κ1) is 11.4. The van der Waals surface area contributed by atoms with Crippen LogP contribution in [-0.2, 0) is 13.6 Å². The van der Waals surface area contributed by atoms with Crippen molar-refractivity contribution in [3.63, 3.8) is 0 Å². The van der Waals surface area contributed by atoms with E-state index in [2.05, 4.69) is 18.3 Å². The molecule has 0 unspecified atom stereocenters.